The van der Waals surface area contributed by atoms with E-state index in [-0.39, 0.29) is 17.6 Å². The van der Waals surface area contributed by atoms with Gasteiger partial charge in [0.25, 0.3) is 5.91 Å². The van der Waals surface area contributed by atoms with E-state index >= 15 is 0 Å². The maximum Gasteiger partial charge on any atom is 0.270 e. The molecular weight excluding hydrogens is 368 g/mol. The maximum atomic E-state index is 12.8. The molecule has 0 unspecified atom stereocenters. The van der Waals surface area contributed by atoms with Crippen LogP contribution in [-0.4, -0.2) is 43.0 Å². The average molecular weight is 393 g/mol. The molecule has 9 heteroatoms. The van der Waals surface area contributed by atoms with Gasteiger partial charge in [-0.15, -0.1) is 0 Å². The first kappa shape index (κ1) is 20.3. The van der Waals surface area contributed by atoms with Gasteiger partial charge in [0.15, 0.2) is 5.82 Å². The number of alkyl halides is 2. The molecule has 1 fully saturated rings. The van der Waals surface area contributed by atoms with Crippen LogP contribution in [0.4, 0.5) is 8.78 Å². The van der Waals surface area contributed by atoms with Crippen LogP contribution in [-0.2, 0) is 12.6 Å². The Hall–Kier alpha value is -2.42. The minimum Gasteiger partial charge on any atom is -0.384 e. The van der Waals surface area contributed by atoms with Gasteiger partial charge in [-0.3, -0.25) is 4.79 Å². The topological polar surface area (TPSA) is 92.9 Å². The van der Waals surface area contributed by atoms with Crippen molar-refractivity contribution in [1.82, 2.24) is 24.8 Å². The van der Waals surface area contributed by atoms with Gasteiger partial charge in [0.2, 0.25) is 6.43 Å². The van der Waals surface area contributed by atoms with Gasteiger partial charge in [-0.1, -0.05) is 0 Å². The minimum absolute atomic E-state index is 0.124. The van der Waals surface area contributed by atoms with Crippen LogP contribution in [0.25, 0.3) is 11.5 Å². The maximum absolute atomic E-state index is 12.8. The highest BCUT2D eigenvalue weighted by atomic mass is 19.3. The molecule has 0 radical (unpaired) electrons. The summed E-state index contributed by atoms with van der Waals surface area (Å²) in [6, 6.07) is 1.29. The van der Waals surface area contributed by atoms with E-state index < -0.39 is 23.9 Å². The van der Waals surface area contributed by atoms with E-state index in [2.05, 4.69) is 20.3 Å². The van der Waals surface area contributed by atoms with Crippen molar-refractivity contribution in [1.29, 1.82) is 0 Å². The number of hydrogen-bond acceptors (Lipinski definition) is 5. The van der Waals surface area contributed by atoms with Gasteiger partial charge in [0.1, 0.15) is 17.0 Å². The number of aromatic nitrogens is 4. The van der Waals surface area contributed by atoms with Gasteiger partial charge in [0.05, 0.1) is 18.2 Å². The summed E-state index contributed by atoms with van der Waals surface area (Å²) in [4.78, 5) is 25.5. The normalized spacial score (nSPS) is 20.4. The first-order valence-corrected chi connectivity index (χ1v) is 9.33. The molecule has 28 heavy (non-hydrogen) atoms. The quantitative estimate of drug-likeness (QED) is 0.815. The molecule has 0 spiro atoms. The average Bonchev–Trinajstić information content (AvgIpc) is 3.07. The van der Waals surface area contributed by atoms with E-state index in [1.165, 1.54) is 6.07 Å². The largest absolute Gasteiger partial charge is 0.384 e. The summed E-state index contributed by atoms with van der Waals surface area (Å²) in [5.41, 5.74) is -0.220. The fraction of sp³-hybridized carbons (Fsp3) is 0.579. The molecule has 2 heterocycles. The molecule has 1 amide bonds. The number of rotatable bonds is 5. The zero-order valence-corrected chi connectivity index (χ0v) is 16.2. The standard InChI is InChI=1S/C19H25F2N5O2/c1-19(2,28)15-8-13(24-17(25-15)14-9-22-10-26(14)3)18(27)23-12-6-4-11(5-7-12)16(20)21/h8-12,16,28H,4-7H2,1-3H3,(H,23,27)/t11-,12-. The third kappa shape index (κ3) is 4.52. The van der Waals surface area contributed by atoms with Crippen molar-refractivity contribution in [3.05, 3.63) is 30.0 Å². The molecule has 0 saturated heterocycles. The summed E-state index contributed by atoms with van der Waals surface area (Å²) in [6.07, 6.45) is 2.67. The van der Waals surface area contributed by atoms with Crippen LogP contribution in [0.15, 0.2) is 18.6 Å². The number of hydrogen-bond donors (Lipinski definition) is 2. The molecule has 0 bridgehead atoms. The van der Waals surface area contributed by atoms with E-state index in [1.807, 2.05) is 0 Å². The van der Waals surface area contributed by atoms with Crippen molar-refractivity contribution >= 4 is 5.91 Å². The zero-order chi connectivity index (χ0) is 20.5. The van der Waals surface area contributed by atoms with Gasteiger partial charge in [0, 0.05) is 19.0 Å². The van der Waals surface area contributed by atoms with Crippen LogP contribution in [0, 0.1) is 5.92 Å². The number of carbonyl (C=O) groups is 1. The Kier molecular flexibility index (Phi) is 5.74. The van der Waals surface area contributed by atoms with E-state index in [0.29, 0.717) is 37.1 Å². The summed E-state index contributed by atoms with van der Waals surface area (Å²) in [7, 11) is 1.78. The third-order valence-corrected chi connectivity index (χ3v) is 5.09. The third-order valence-electron chi connectivity index (χ3n) is 5.09. The lowest BCUT2D eigenvalue weighted by Gasteiger charge is -2.28. The number of nitrogens with one attached hydrogen (secondary N) is 1. The fourth-order valence-electron chi connectivity index (χ4n) is 3.34. The van der Waals surface area contributed by atoms with Crippen LogP contribution in [0.2, 0.25) is 0 Å². The summed E-state index contributed by atoms with van der Waals surface area (Å²) in [5.74, 6) is -0.714. The van der Waals surface area contributed by atoms with Crippen molar-refractivity contribution in [2.75, 3.05) is 0 Å². The van der Waals surface area contributed by atoms with E-state index in [0.717, 1.165) is 0 Å². The summed E-state index contributed by atoms with van der Waals surface area (Å²) in [5, 5.41) is 13.3. The number of halogens is 2. The van der Waals surface area contributed by atoms with Crippen molar-refractivity contribution in [2.45, 2.75) is 57.6 Å². The molecule has 1 aliphatic rings. The molecule has 152 valence electrons. The Morgan fingerprint density at radius 2 is 1.96 bits per heavy atom. The molecular formula is C19H25F2N5O2. The number of amides is 1. The molecule has 2 N–H and O–H groups in total. The fourth-order valence-corrected chi connectivity index (χ4v) is 3.34. The lowest BCUT2D eigenvalue weighted by molar-refractivity contribution is 0.0499. The van der Waals surface area contributed by atoms with E-state index in [9.17, 15) is 18.7 Å². The Labute approximate surface area is 162 Å². The van der Waals surface area contributed by atoms with Gasteiger partial charge in [-0.05, 0) is 45.6 Å². The van der Waals surface area contributed by atoms with Crippen LogP contribution in [0.5, 0.6) is 0 Å². The van der Waals surface area contributed by atoms with Crippen LogP contribution < -0.4 is 5.32 Å². The second-order valence-corrected chi connectivity index (χ2v) is 7.83. The van der Waals surface area contributed by atoms with Crippen LogP contribution in [0.1, 0.15) is 55.7 Å². The smallest absolute Gasteiger partial charge is 0.270 e. The molecule has 0 aliphatic heterocycles. The molecule has 1 saturated carbocycles. The number of aliphatic hydroxyl groups is 1. The number of aryl methyl sites for hydroxylation is 1. The first-order chi connectivity index (χ1) is 13.1. The highest BCUT2D eigenvalue weighted by Crippen LogP contribution is 2.29. The van der Waals surface area contributed by atoms with Gasteiger partial charge in [-0.2, -0.15) is 0 Å². The Balaban J connectivity index is 1.82. The second-order valence-electron chi connectivity index (χ2n) is 7.83. The lowest BCUT2D eigenvalue weighted by atomic mass is 9.86. The zero-order valence-electron chi connectivity index (χ0n) is 16.2. The van der Waals surface area contributed by atoms with Crippen molar-refractivity contribution < 1.29 is 18.7 Å². The van der Waals surface area contributed by atoms with Crippen molar-refractivity contribution in [3.63, 3.8) is 0 Å². The Bertz CT molecular complexity index is 839. The predicted octanol–water partition coefficient (Wildman–Crippen LogP) is 2.66. The van der Waals surface area contributed by atoms with Gasteiger partial charge >= 0.3 is 0 Å². The Morgan fingerprint density at radius 3 is 2.50 bits per heavy atom. The molecule has 0 atom stereocenters. The summed E-state index contributed by atoms with van der Waals surface area (Å²) >= 11 is 0. The highest BCUT2D eigenvalue weighted by molar-refractivity contribution is 5.93. The van der Waals surface area contributed by atoms with Crippen molar-refractivity contribution in [3.8, 4) is 11.5 Å². The van der Waals surface area contributed by atoms with Crippen LogP contribution in [0.3, 0.4) is 0 Å². The molecule has 0 aromatic carbocycles. The Morgan fingerprint density at radius 1 is 1.29 bits per heavy atom. The molecule has 2 aromatic heterocycles. The predicted molar refractivity (Wildman–Crippen MR) is 98.7 cm³/mol. The first-order valence-electron chi connectivity index (χ1n) is 9.33. The molecule has 7 nitrogen and oxygen atoms in total. The molecule has 3 rings (SSSR count). The highest BCUT2D eigenvalue weighted by Gasteiger charge is 2.29. The molecule has 1 aliphatic carbocycles. The number of carbonyl (C=O) groups excluding carboxylic acids is 1. The van der Waals surface area contributed by atoms with Crippen molar-refractivity contribution in [2.24, 2.45) is 13.0 Å². The SMILES string of the molecule is Cn1cncc1-c1nc(C(=O)N[C@H]2CC[C@H](C(F)F)CC2)cc(C(C)(C)O)n1. The van der Waals surface area contributed by atoms with Gasteiger partial charge < -0.3 is 15.0 Å². The monoisotopic (exact) mass is 393 g/mol. The second kappa shape index (κ2) is 7.90. The minimum atomic E-state index is -2.31. The van der Waals surface area contributed by atoms with E-state index in [1.54, 1.807) is 38.0 Å². The molecule has 2 aromatic rings. The van der Waals surface area contributed by atoms with Gasteiger partial charge in [-0.25, -0.2) is 23.7 Å². The lowest BCUT2D eigenvalue weighted by Crippen LogP contribution is -2.39. The number of nitrogens with zero attached hydrogens (tertiary/aromatic N) is 4. The number of imidazole rings is 1. The van der Waals surface area contributed by atoms with E-state index in [4.69, 9.17) is 0 Å². The summed E-state index contributed by atoms with van der Waals surface area (Å²) in [6.45, 7) is 3.16. The van der Waals surface area contributed by atoms with Crippen LogP contribution >= 0.6 is 0 Å². The summed E-state index contributed by atoms with van der Waals surface area (Å²) < 4.78 is 27.3.